The zero-order valence-electron chi connectivity index (χ0n) is 7.95. The van der Waals surface area contributed by atoms with Crippen LogP contribution in [0.5, 0.6) is 5.75 Å². The first kappa shape index (κ1) is 10.7. The fraction of sp³-hybridized carbons (Fsp3) is 0.222. The molecular formula is C9H11ClN2O2. The molecule has 0 fully saturated rings. The SMILES string of the molecule is COc1ccc(N(C)C(N)=O)cc1Cl. The van der Waals surface area contributed by atoms with Gasteiger partial charge < -0.3 is 10.5 Å². The van der Waals surface area contributed by atoms with Crippen molar-refractivity contribution < 1.29 is 9.53 Å². The fourth-order valence-corrected chi connectivity index (χ4v) is 1.24. The molecule has 5 heteroatoms. The lowest BCUT2D eigenvalue weighted by molar-refractivity contribution is 0.255. The summed E-state index contributed by atoms with van der Waals surface area (Å²) in [6, 6.07) is 4.46. The van der Waals surface area contributed by atoms with E-state index in [2.05, 4.69) is 0 Å². The number of rotatable bonds is 2. The van der Waals surface area contributed by atoms with Gasteiger partial charge in [0.2, 0.25) is 0 Å². The van der Waals surface area contributed by atoms with Gasteiger partial charge in [-0.2, -0.15) is 0 Å². The maximum absolute atomic E-state index is 10.8. The predicted octanol–water partition coefficient (Wildman–Crippen LogP) is 1.86. The Balaban J connectivity index is 3.02. The highest BCUT2D eigenvalue weighted by Gasteiger charge is 2.08. The van der Waals surface area contributed by atoms with E-state index in [1.807, 2.05) is 0 Å². The summed E-state index contributed by atoms with van der Waals surface area (Å²) in [5, 5.41) is 0.443. The highest BCUT2D eigenvalue weighted by atomic mass is 35.5. The maximum atomic E-state index is 10.8. The van der Waals surface area contributed by atoms with Crippen molar-refractivity contribution in [2.45, 2.75) is 0 Å². The van der Waals surface area contributed by atoms with Gasteiger partial charge in [0.15, 0.2) is 0 Å². The van der Waals surface area contributed by atoms with Gasteiger partial charge in [0.25, 0.3) is 0 Å². The van der Waals surface area contributed by atoms with E-state index in [0.717, 1.165) is 0 Å². The zero-order chi connectivity index (χ0) is 10.7. The second-order valence-electron chi connectivity index (χ2n) is 2.72. The molecule has 0 heterocycles. The molecule has 1 aromatic rings. The summed E-state index contributed by atoms with van der Waals surface area (Å²) >= 11 is 5.87. The van der Waals surface area contributed by atoms with Gasteiger partial charge in [-0.1, -0.05) is 11.6 Å². The Labute approximate surface area is 87.2 Å². The summed E-state index contributed by atoms with van der Waals surface area (Å²) in [5.74, 6) is 0.563. The van der Waals surface area contributed by atoms with Gasteiger partial charge in [-0.05, 0) is 18.2 Å². The molecule has 76 valence electrons. The van der Waals surface area contributed by atoms with E-state index < -0.39 is 6.03 Å². The van der Waals surface area contributed by atoms with Crippen LogP contribution in [0.25, 0.3) is 0 Å². The molecule has 0 aromatic heterocycles. The van der Waals surface area contributed by atoms with Gasteiger partial charge in [-0.15, -0.1) is 0 Å². The normalized spacial score (nSPS) is 9.64. The first-order valence-electron chi connectivity index (χ1n) is 3.93. The number of amides is 2. The van der Waals surface area contributed by atoms with E-state index >= 15 is 0 Å². The van der Waals surface area contributed by atoms with Crippen molar-refractivity contribution in [3.05, 3.63) is 23.2 Å². The van der Waals surface area contributed by atoms with Crippen molar-refractivity contribution in [2.75, 3.05) is 19.1 Å². The third-order valence-corrected chi connectivity index (χ3v) is 2.15. The van der Waals surface area contributed by atoms with E-state index in [1.165, 1.54) is 12.0 Å². The van der Waals surface area contributed by atoms with Gasteiger partial charge in [0.05, 0.1) is 12.1 Å². The van der Waals surface area contributed by atoms with Crippen LogP contribution in [-0.2, 0) is 0 Å². The van der Waals surface area contributed by atoms with Gasteiger partial charge >= 0.3 is 6.03 Å². The van der Waals surface area contributed by atoms with Crippen molar-refractivity contribution in [1.29, 1.82) is 0 Å². The lowest BCUT2D eigenvalue weighted by Crippen LogP contribution is -2.31. The van der Waals surface area contributed by atoms with E-state index in [4.69, 9.17) is 22.1 Å². The largest absolute Gasteiger partial charge is 0.495 e. The standard InChI is InChI=1S/C9H11ClN2O2/c1-12(9(11)13)6-3-4-8(14-2)7(10)5-6/h3-5H,1-2H3,(H2,11,13). The summed E-state index contributed by atoms with van der Waals surface area (Å²) in [7, 11) is 3.10. The molecule has 0 aliphatic rings. The van der Waals surface area contributed by atoms with E-state index in [1.54, 1.807) is 25.2 Å². The number of hydrogen-bond donors (Lipinski definition) is 1. The average molecular weight is 215 g/mol. The summed E-state index contributed by atoms with van der Waals surface area (Å²) in [6.07, 6.45) is 0. The van der Waals surface area contributed by atoms with Gasteiger partial charge in [0.1, 0.15) is 5.75 Å². The molecule has 4 nitrogen and oxygen atoms in total. The van der Waals surface area contributed by atoms with Gasteiger partial charge in [-0.3, -0.25) is 4.90 Å². The Hall–Kier alpha value is -1.42. The van der Waals surface area contributed by atoms with Crippen LogP contribution in [0.3, 0.4) is 0 Å². The van der Waals surface area contributed by atoms with Crippen molar-refractivity contribution in [1.82, 2.24) is 0 Å². The Morgan fingerprint density at radius 2 is 2.21 bits per heavy atom. The molecule has 0 spiro atoms. The van der Waals surface area contributed by atoms with E-state index in [-0.39, 0.29) is 0 Å². The number of hydrogen-bond acceptors (Lipinski definition) is 2. The molecule has 0 saturated carbocycles. The van der Waals surface area contributed by atoms with Crippen LogP contribution in [-0.4, -0.2) is 20.2 Å². The Morgan fingerprint density at radius 3 is 2.64 bits per heavy atom. The molecule has 2 amide bonds. The van der Waals surface area contributed by atoms with Crippen LogP contribution >= 0.6 is 11.6 Å². The highest BCUT2D eigenvalue weighted by Crippen LogP contribution is 2.28. The number of carbonyl (C=O) groups excluding carboxylic acids is 1. The Kier molecular flexibility index (Phi) is 3.19. The summed E-state index contributed by atoms with van der Waals surface area (Å²) in [4.78, 5) is 12.1. The average Bonchev–Trinajstić information content (AvgIpc) is 2.16. The third kappa shape index (κ3) is 2.09. The lowest BCUT2D eigenvalue weighted by atomic mass is 10.3. The third-order valence-electron chi connectivity index (χ3n) is 1.85. The zero-order valence-corrected chi connectivity index (χ0v) is 8.71. The second kappa shape index (κ2) is 4.19. The van der Waals surface area contributed by atoms with Crippen molar-refractivity contribution in [2.24, 2.45) is 5.73 Å². The molecule has 0 saturated heterocycles. The van der Waals surface area contributed by atoms with Crippen molar-refractivity contribution in [3.8, 4) is 5.75 Å². The summed E-state index contributed by atoms with van der Waals surface area (Å²) < 4.78 is 4.97. The lowest BCUT2D eigenvalue weighted by Gasteiger charge is -2.15. The molecule has 0 aliphatic carbocycles. The minimum absolute atomic E-state index is 0.443. The number of carbonyl (C=O) groups is 1. The number of halogens is 1. The molecular weight excluding hydrogens is 204 g/mol. The molecule has 14 heavy (non-hydrogen) atoms. The van der Waals surface area contributed by atoms with Crippen molar-refractivity contribution >= 4 is 23.3 Å². The molecule has 1 aromatic carbocycles. The van der Waals surface area contributed by atoms with Crippen LogP contribution in [0, 0.1) is 0 Å². The molecule has 2 N–H and O–H groups in total. The Morgan fingerprint density at radius 1 is 1.57 bits per heavy atom. The van der Waals surface area contributed by atoms with E-state index in [0.29, 0.717) is 16.5 Å². The quantitative estimate of drug-likeness (QED) is 0.817. The number of nitrogens with two attached hydrogens (primary N) is 1. The minimum atomic E-state index is -0.536. The smallest absolute Gasteiger partial charge is 0.318 e. The number of methoxy groups -OCH3 is 1. The van der Waals surface area contributed by atoms with Crippen LogP contribution in [0.2, 0.25) is 5.02 Å². The van der Waals surface area contributed by atoms with Crippen molar-refractivity contribution in [3.63, 3.8) is 0 Å². The fourth-order valence-electron chi connectivity index (χ4n) is 0.991. The second-order valence-corrected chi connectivity index (χ2v) is 3.12. The molecule has 0 bridgehead atoms. The van der Waals surface area contributed by atoms with Gasteiger partial charge in [0, 0.05) is 12.7 Å². The molecule has 1 rings (SSSR count). The number of urea groups is 1. The first-order valence-corrected chi connectivity index (χ1v) is 4.30. The van der Waals surface area contributed by atoms with Crippen LogP contribution < -0.4 is 15.4 Å². The molecule has 0 radical (unpaired) electrons. The number of ether oxygens (including phenoxy) is 1. The summed E-state index contributed by atoms with van der Waals surface area (Å²) in [5.41, 5.74) is 5.73. The predicted molar refractivity (Wildman–Crippen MR) is 56.0 cm³/mol. The minimum Gasteiger partial charge on any atom is -0.495 e. The number of primary amides is 1. The van der Waals surface area contributed by atoms with Gasteiger partial charge in [-0.25, -0.2) is 4.79 Å². The van der Waals surface area contributed by atoms with Crippen LogP contribution in [0.15, 0.2) is 18.2 Å². The highest BCUT2D eigenvalue weighted by molar-refractivity contribution is 6.32. The van der Waals surface area contributed by atoms with Crippen LogP contribution in [0.4, 0.5) is 10.5 Å². The summed E-state index contributed by atoms with van der Waals surface area (Å²) in [6.45, 7) is 0. The molecule has 0 atom stereocenters. The molecule has 0 aliphatic heterocycles. The van der Waals surface area contributed by atoms with E-state index in [9.17, 15) is 4.79 Å². The number of benzene rings is 1. The first-order chi connectivity index (χ1) is 6.56. The maximum Gasteiger partial charge on any atom is 0.318 e. The monoisotopic (exact) mass is 214 g/mol. The number of anilines is 1. The number of nitrogens with zero attached hydrogens (tertiary/aromatic N) is 1. The van der Waals surface area contributed by atoms with Crippen LogP contribution in [0.1, 0.15) is 0 Å². The Bertz CT molecular complexity index is 355. The topological polar surface area (TPSA) is 55.6 Å². The molecule has 0 unspecified atom stereocenters.